The molecule has 0 aliphatic heterocycles. The molecule has 0 fully saturated rings. The van der Waals surface area contributed by atoms with Gasteiger partial charge in [0.15, 0.2) is 0 Å². The quantitative estimate of drug-likeness (QED) is 0.0701. The van der Waals surface area contributed by atoms with E-state index in [9.17, 15) is 14.7 Å². The summed E-state index contributed by atoms with van der Waals surface area (Å²) in [5.74, 6) is -1.85. The number of carbonyl (C=O) groups excluding carboxylic acids is 1. The summed E-state index contributed by atoms with van der Waals surface area (Å²) >= 11 is 0. The van der Waals surface area contributed by atoms with Gasteiger partial charge in [-0.05, 0) is 32.1 Å². The number of aliphatic carboxylic acids is 1. The molecule has 4 heteroatoms. The Bertz CT molecular complexity index is 500. The monoisotopic (exact) mass is 494 g/mol. The number of rotatable bonds is 27. The third-order valence-electron chi connectivity index (χ3n) is 6.81. The number of ether oxygens (including phenoxy) is 1. The van der Waals surface area contributed by atoms with Crippen LogP contribution in [0.4, 0.5) is 0 Å². The number of allylic oxidation sites excluding steroid dienone is 2. The molecule has 0 spiro atoms. The summed E-state index contributed by atoms with van der Waals surface area (Å²) in [7, 11) is 0. The first-order valence-corrected chi connectivity index (χ1v) is 15.1. The highest BCUT2D eigenvalue weighted by atomic mass is 16.5. The summed E-state index contributed by atoms with van der Waals surface area (Å²) in [5.41, 5.74) is 0. The predicted octanol–water partition coefficient (Wildman–Crippen LogP) is 9.80. The second-order valence-electron chi connectivity index (χ2n) is 10.3. The van der Waals surface area contributed by atoms with E-state index in [4.69, 9.17) is 4.74 Å². The van der Waals surface area contributed by atoms with Gasteiger partial charge in [-0.3, -0.25) is 9.59 Å². The number of carbonyl (C=O) groups is 2. The van der Waals surface area contributed by atoms with Crippen LogP contribution < -0.4 is 0 Å². The van der Waals surface area contributed by atoms with E-state index in [0.717, 1.165) is 19.3 Å². The molecule has 4 nitrogen and oxygen atoms in total. The van der Waals surface area contributed by atoms with Gasteiger partial charge in [-0.2, -0.15) is 0 Å². The van der Waals surface area contributed by atoms with Crippen molar-refractivity contribution in [1.82, 2.24) is 0 Å². The molecule has 0 aromatic heterocycles. The Morgan fingerprint density at radius 2 is 1.09 bits per heavy atom. The molecule has 0 bridgehead atoms. The van der Waals surface area contributed by atoms with Crippen molar-refractivity contribution in [1.29, 1.82) is 0 Å². The van der Waals surface area contributed by atoms with Gasteiger partial charge in [-0.15, -0.1) is 0 Å². The van der Waals surface area contributed by atoms with Crippen molar-refractivity contribution in [2.45, 2.75) is 162 Å². The van der Waals surface area contributed by atoms with Crippen LogP contribution in [0.3, 0.4) is 0 Å². The molecular weight excluding hydrogens is 436 g/mol. The summed E-state index contributed by atoms with van der Waals surface area (Å²) < 4.78 is 5.02. The Morgan fingerprint density at radius 1 is 0.657 bits per heavy atom. The van der Waals surface area contributed by atoms with Gasteiger partial charge >= 0.3 is 11.9 Å². The van der Waals surface area contributed by atoms with E-state index in [1.54, 1.807) is 0 Å². The van der Waals surface area contributed by atoms with Crippen LogP contribution in [-0.2, 0) is 14.3 Å². The number of carboxylic acid groups (broad SMARTS) is 1. The fourth-order valence-electron chi connectivity index (χ4n) is 4.55. The molecule has 1 unspecified atom stereocenters. The van der Waals surface area contributed by atoms with Crippen molar-refractivity contribution in [3.63, 3.8) is 0 Å². The topological polar surface area (TPSA) is 63.6 Å². The average Bonchev–Trinajstić information content (AvgIpc) is 2.84. The van der Waals surface area contributed by atoms with Gasteiger partial charge < -0.3 is 9.84 Å². The summed E-state index contributed by atoms with van der Waals surface area (Å²) in [6, 6.07) is 0. The zero-order valence-electron chi connectivity index (χ0n) is 23.4. The highest BCUT2D eigenvalue weighted by Crippen LogP contribution is 2.18. The number of hydrogen-bond donors (Lipinski definition) is 1. The maximum absolute atomic E-state index is 11.7. The van der Waals surface area contributed by atoms with Gasteiger partial charge in [0.05, 0.1) is 18.9 Å². The molecule has 206 valence electrons. The van der Waals surface area contributed by atoms with Crippen LogP contribution in [-0.4, -0.2) is 23.7 Å². The molecule has 0 radical (unpaired) electrons. The molecule has 0 rings (SSSR count). The first kappa shape index (κ1) is 33.7. The van der Waals surface area contributed by atoms with E-state index >= 15 is 0 Å². The lowest BCUT2D eigenvalue weighted by Gasteiger charge is -2.11. The van der Waals surface area contributed by atoms with Crippen molar-refractivity contribution < 1.29 is 19.4 Å². The van der Waals surface area contributed by atoms with E-state index in [-0.39, 0.29) is 12.4 Å². The van der Waals surface area contributed by atoms with E-state index in [0.29, 0.717) is 13.0 Å². The second-order valence-corrected chi connectivity index (χ2v) is 10.3. The van der Waals surface area contributed by atoms with E-state index < -0.39 is 11.9 Å². The Labute approximate surface area is 217 Å². The molecule has 0 aromatic rings. The fraction of sp³-hybridized carbons (Fsp3) is 0.871. The first-order chi connectivity index (χ1) is 17.1. The van der Waals surface area contributed by atoms with Crippen molar-refractivity contribution in [2.24, 2.45) is 5.92 Å². The lowest BCUT2D eigenvalue weighted by atomic mass is 9.97. The smallest absolute Gasteiger partial charge is 0.307 e. The zero-order chi connectivity index (χ0) is 25.8. The predicted molar refractivity (Wildman–Crippen MR) is 149 cm³/mol. The van der Waals surface area contributed by atoms with Gasteiger partial charge in [-0.1, -0.05) is 135 Å². The fourth-order valence-corrected chi connectivity index (χ4v) is 4.55. The molecule has 1 atom stereocenters. The maximum Gasteiger partial charge on any atom is 0.307 e. The van der Waals surface area contributed by atoms with Crippen LogP contribution in [0.1, 0.15) is 162 Å². The molecule has 0 aromatic carbocycles. The van der Waals surface area contributed by atoms with Crippen molar-refractivity contribution in [3.05, 3.63) is 12.2 Å². The van der Waals surface area contributed by atoms with Crippen LogP contribution in [0, 0.1) is 5.92 Å². The number of carboxylic acids is 1. The van der Waals surface area contributed by atoms with Gasteiger partial charge in [-0.25, -0.2) is 0 Å². The molecule has 35 heavy (non-hydrogen) atoms. The molecular formula is C31H58O4. The molecule has 0 saturated carbocycles. The Hall–Kier alpha value is -1.32. The standard InChI is InChI=1S/C31H58O4/c1-3-5-6-7-8-9-10-11-12-13-14-15-16-17-18-19-20-21-22-23-24-25-26-29(31(33)34)28-30(32)35-27-4-2/h5-6,29H,3-4,7-28H2,1-2H3,(H,33,34)/b6-5+. The van der Waals surface area contributed by atoms with E-state index in [1.165, 1.54) is 116 Å². The lowest BCUT2D eigenvalue weighted by Crippen LogP contribution is -2.19. The second kappa shape index (κ2) is 27.3. The van der Waals surface area contributed by atoms with Gasteiger partial charge in [0.25, 0.3) is 0 Å². The van der Waals surface area contributed by atoms with Gasteiger partial charge in [0, 0.05) is 0 Å². The Morgan fingerprint density at radius 3 is 1.49 bits per heavy atom. The van der Waals surface area contributed by atoms with Crippen LogP contribution in [0.2, 0.25) is 0 Å². The third kappa shape index (κ3) is 25.6. The summed E-state index contributed by atoms with van der Waals surface area (Å²) in [5, 5.41) is 9.31. The average molecular weight is 495 g/mol. The lowest BCUT2D eigenvalue weighted by molar-refractivity contribution is -0.151. The number of unbranched alkanes of at least 4 members (excludes halogenated alkanes) is 18. The summed E-state index contributed by atoms with van der Waals surface area (Å²) in [6.07, 6.45) is 32.2. The van der Waals surface area contributed by atoms with Gasteiger partial charge in [0.2, 0.25) is 0 Å². The number of esters is 1. The van der Waals surface area contributed by atoms with Crippen molar-refractivity contribution >= 4 is 11.9 Å². The van der Waals surface area contributed by atoms with Gasteiger partial charge in [0.1, 0.15) is 0 Å². The molecule has 0 aliphatic carbocycles. The van der Waals surface area contributed by atoms with Crippen molar-refractivity contribution in [2.75, 3.05) is 6.61 Å². The molecule has 0 amide bonds. The summed E-state index contributed by atoms with van der Waals surface area (Å²) in [4.78, 5) is 23.0. The van der Waals surface area contributed by atoms with E-state index in [2.05, 4.69) is 19.1 Å². The largest absolute Gasteiger partial charge is 0.481 e. The van der Waals surface area contributed by atoms with Crippen LogP contribution >= 0.6 is 0 Å². The van der Waals surface area contributed by atoms with E-state index in [1.807, 2.05) is 6.92 Å². The highest BCUT2D eigenvalue weighted by molar-refractivity contribution is 5.78. The number of hydrogen-bond acceptors (Lipinski definition) is 3. The van der Waals surface area contributed by atoms with Crippen LogP contribution in [0.15, 0.2) is 12.2 Å². The molecule has 1 N–H and O–H groups in total. The molecule has 0 saturated heterocycles. The molecule has 0 aliphatic rings. The Balaban J connectivity index is 3.33. The molecule has 0 heterocycles. The van der Waals surface area contributed by atoms with Crippen LogP contribution in [0.25, 0.3) is 0 Å². The highest BCUT2D eigenvalue weighted by Gasteiger charge is 2.21. The first-order valence-electron chi connectivity index (χ1n) is 15.1. The van der Waals surface area contributed by atoms with Crippen molar-refractivity contribution in [3.8, 4) is 0 Å². The zero-order valence-corrected chi connectivity index (χ0v) is 23.4. The minimum Gasteiger partial charge on any atom is -0.481 e. The SMILES string of the molecule is CC/C=C/CCCCCCCCCCCCCCCCCCCCC(CC(=O)OCCC)C(=O)O. The minimum absolute atomic E-state index is 0.00671. The third-order valence-corrected chi connectivity index (χ3v) is 6.81. The minimum atomic E-state index is -0.875. The Kier molecular flexibility index (Phi) is 26.2. The maximum atomic E-state index is 11.7. The van der Waals surface area contributed by atoms with Crippen LogP contribution in [0.5, 0.6) is 0 Å². The normalized spacial score (nSPS) is 12.3. The summed E-state index contributed by atoms with van der Waals surface area (Å²) in [6.45, 7) is 4.51.